The van der Waals surface area contributed by atoms with Crippen LogP contribution < -0.4 is 0 Å². The fourth-order valence-electron chi connectivity index (χ4n) is 1.96. The summed E-state index contributed by atoms with van der Waals surface area (Å²) < 4.78 is 6.10. The summed E-state index contributed by atoms with van der Waals surface area (Å²) in [6.07, 6.45) is 1.94. The molecule has 1 aromatic carbocycles. The van der Waals surface area contributed by atoms with Crippen molar-refractivity contribution in [1.82, 2.24) is 9.97 Å². The van der Waals surface area contributed by atoms with Crippen molar-refractivity contribution in [2.45, 2.75) is 26.4 Å². The number of hydrogen-bond acceptors (Lipinski definition) is 3. The molecule has 20 heavy (non-hydrogen) atoms. The molecule has 1 aromatic heterocycles. The quantitative estimate of drug-likeness (QED) is 0.545. The normalized spacial score (nSPS) is 10.8. The molecule has 0 aliphatic carbocycles. The van der Waals surface area contributed by atoms with Gasteiger partial charge < -0.3 is 4.74 Å². The van der Waals surface area contributed by atoms with Crippen molar-refractivity contribution < 1.29 is 4.74 Å². The summed E-state index contributed by atoms with van der Waals surface area (Å²) in [5.41, 5.74) is 3.08. The minimum absolute atomic E-state index is 0.524. The first-order valence-corrected chi connectivity index (χ1v) is 7.91. The Labute approximate surface area is 137 Å². The van der Waals surface area contributed by atoms with Crippen LogP contribution in [0.3, 0.4) is 0 Å². The maximum atomic E-state index is 6.22. The highest BCUT2D eigenvalue weighted by Gasteiger charge is 2.11. The van der Waals surface area contributed by atoms with E-state index in [1.54, 1.807) is 7.11 Å². The van der Waals surface area contributed by atoms with Gasteiger partial charge in [-0.3, -0.25) is 0 Å². The fourth-order valence-corrected chi connectivity index (χ4v) is 2.66. The van der Waals surface area contributed by atoms with E-state index in [4.69, 9.17) is 16.3 Å². The Bertz CT molecular complexity index is 604. The van der Waals surface area contributed by atoms with Crippen molar-refractivity contribution in [3.05, 3.63) is 44.2 Å². The Kier molecular flexibility index (Phi) is 5.74. The maximum absolute atomic E-state index is 6.22. The molecule has 0 spiro atoms. The lowest BCUT2D eigenvalue weighted by atomic mass is 10.1. The summed E-state index contributed by atoms with van der Waals surface area (Å²) >= 11 is 8.43. The van der Waals surface area contributed by atoms with E-state index in [1.807, 2.05) is 24.3 Å². The van der Waals surface area contributed by atoms with Crippen LogP contribution in [0, 0.1) is 3.57 Å². The van der Waals surface area contributed by atoms with E-state index in [-0.39, 0.29) is 0 Å². The minimum Gasteiger partial charge on any atom is -0.380 e. The van der Waals surface area contributed by atoms with Gasteiger partial charge in [-0.25, -0.2) is 9.97 Å². The predicted molar refractivity (Wildman–Crippen MR) is 89.9 cm³/mol. The number of aryl methyl sites for hydroxylation is 1. The Morgan fingerprint density at radius 1 is 1.30 bits per heavy atom. The first kappa shape index (κ1) is 15.7. The van der Waals surface area contributed by atoms with Crippen LogP contribution >= 0.6 is 34.2 Å². The van der Waals surface area contributed by atoms with Gasteiger partial charge >= 0.3 is 0 Å². The largest absolute Gasteiger partial charge is 0.380 e. The van der Waals surface area contributed by atoms with Crippen molar-refractivity contribution >= 4 is 34.2 Å². The van der Waals surface area contributed by atoms with E-state index >= 15 is 0 Å². The van der Waals surface area contributed by atoms with Crippen LogP contribution in [-0.2, 0) is 17.8 Å². The average Bonchev–Trinajstić information content (AvgIpc) is 2.44. The highest BCUT2D eigenvalue weighted by molar-refractivity contribution is 14.1. The van der Waals surface area contributed by atoms with Crippen molar-refractivity contribution in [3.8, 4) is 11.4 Å². The third-order valence-electron chi connectivity index (χ3n) is 2.86. The van der Waals surface area contributed by atoms with Gasteiger partial charge in [-0.2, -0.15) is 0 Å². The van der Waals surface area contributed by atoms with Crippen molar-refractivity contribution in [2.75, 3.05) is 7.11 Å². The van der Waals surface area contributed by atoms with Gasteiger partial charge in [0, 0.05) is 12.7 Å². The van der Waals surface area contributed by atoms with Gasteiger partial charge in [0.05, 0.1) is 15.9 Å². The Balaban J connectivity index is 2.44. The predicted octanol–water partition coefficient (Wildman–Crippen LogP) is 4.50. The Morgan fingerprint density at radius 3 is 2.80 bits per heavy atom. The molecule has 0 radical (unpaired) electrons. The van der Waals surface area contributed by atoms with Crippen LogP contribution in [0.1, 0.15) is 24.6 Å². The SMILES string of the molecule is CCCc1nc(-c2cccc(COC)c2)nc(Cl)c1I. The molecule has 1 heterocycles. The summed E-state index contributed by atoms with van der Waals surface area (Å²) in [5, 5.41) is 0.524. The molecule has 5 heteroatoms. The number of rotatable bonds is 5. The van der Waals surface area contributed by atoms with Gasteiger partial charge in [-0.1, -0.05) is 43.1 Å². The first-order valence-electron chi connectivity index (χ1n) is 6.45. The van der Waals surface area contributed by atoms with Gasteiger partial charge in [-0.05, 0) is 40.6 Å². The molecule has 0 aliphatic rings. The zero-order chi connectivity index (χ0) is 14.5. The summed E-state index contributed by atoms with van der Waals surface area (Å²) in [7, 11) is 1.68. The standard InChI is InChI=1S/C15H16ClIN2O/c1-3-5-12-13(17)14(16)19-15(18-12)11-7-4-6-10(8-11)9-20-2/h4,6-8H,3,5,9H2,1-2H3. The summed E-state index contributed by atoms with van der Waals surface area (Å²) in [6.45, 7) is 2.71. The van der Waals surface area contributed by atoms with Crippen LogP contribution in [0.25, 0.3) is 11.4 Å². The summed E-state index contributed by atoms with van der Waals surface area (Å²) in [6, 6.07) is 8.04. The van der Waals surface area contributed by atoms with Crippen LogP contribution in [0.4, 0.5) is 0 Å². The van der Waals surface area contributed by atoms with Crippen molar-refractivity contribution in [3.63, 3.8) is 0 Å². The second-order valence-electron chi connectivity index (χ2n) is 4.48. The molecule has 2 rings (SSSR count). The van der Waals surface area contributed by atoms with Gasteiger partial charge in [-0.15, -0.1) is 0 Å². The lowest BCUT2D eigenvalue weighted by molar-refractivity contribution is 0.185. The van der Waals surface area contributed by atoms with Crippen LogP contribution in [0.5, 0.6) is 0 Å². The molecule has 0 N–H and O–H groups in total. The topological polar surface area (TPSA) is 35.0 Å². The molecule has 0 saturated heterocycles. The van der Waals surface area contributed by atoms with E-state index in [2.05, 4.69) is 39.5 Å². The first-order chi connectivity index (χ1) is 9.65. The number of ether oxygens (including phenoxy) is 1. The number of halogens is 2. The summed E-state index contributed by atoms with van der Waals surface area (Å²) in [5.74, 6) is 0.678. The zero-order valence-electron chi connectivity index (χ0n) is 11.5. The number of methoxy groups -OCH3 is 1. The molecule has 0 bridgehead atoms. The highest BCUT2D eigenvalue weighted by Crippen LogP contribution is 2.25. The smallest absolute Gasteiger partial charge is 0.161 e. The second-order valence-corrected chi connectivity index (χ2v) is 5.92. The van der Waals surface area contributed by atoms with Crippen molar-refractivity contribution in [1.29, 1.82) is 0 Å². The molecular weight excluding hydrogens is 387 g/mol. The van der Waals surface area contributed by atoms with E-state index in [1.165, 1.54) is 0 Å². The minimum atomic E-state index is 0.524. The van der Waals surface area contributed by atoms with Crippen LogP contribution in [-0.4, -0.2) is 17.1 Å². The fraction of sp³-hybridized carbons (Fsp3) is 0.333. The number of hydrogen-bond donors (Lipinski definition) is 0. The second kappa shape index (κ2) is 7.33. The third kappa shape index (κ3) is 3.68. The molecule has 0 amide bonds. The average molecular weight is 403 g/mol. The van der Waals surface area contributed by atoms with Crippen LogP contribution in [0.15, 0.2) is 24.3 Å². The van der Waals surface area contributed by atoms with E-state index in [0.717, 1.165) is 33.2 Å². The molecular formula is C15H16ClIN2O. The lowest BCUT2D eigenvalue weighted by Gasteiger charge is -2.08. The number of aromatic nitrogens is 2. The molecule has 2 aromatic rings. The van der Waals surface area contributed by atoms with E-state index < -0.39 is 0 Å². The van der Waals surface area contributed by atoms with E-state index in [0.29, 0.717) is 17.6 Å². The van der Waals surface area contributed by atoms with Crippen molar-refractivity contribution in [2.24, 2.45) is 0 Å². The zero-order valence-corrected chi connectivity index (χ0v) is 14.4. The highest BCUT2D eigenvalue weighted by atomic mass is 127. The molecule has 3 nitrogen and oxygen atoms in total. The summed E-state index contributed by atoms with van der Waals surface area (Å²) in [4.78, 5) is 9.04. The molecule has 0 fully saturated rings. The van der Waals surface area contributed by atoms with Gasteiger partial charge in [0.1, 0.15) is 5.15 Å². The molecule has 0 aliphatic heterocycles. The Morgan fingerprint density at radius 2 is 2.10 bits per heavy atom. The van der Waals surface area contributed by atoms with Gasteiger partial charge in [0.15, 0.2) is 5.82 Å². The Hall–Kier alpha value is -0.720. The van der Waals surface area contributed by atoms with Gasteiger partial charge in [0.2, 0.25) is 0 Å². The maximum Gasteiger partial charge on any atom is 0.161 e. The van der Waals surface area contributed by atoms with Gasteiger partial charge in [0.25, 0.3) is 0 Å². The number of nitrogens with zero attached hydrogens (tertiary/aromatic N) is 2. The third-order valence-corrected chi connectivity index (χ3v) is 4.59. The van der Waals surface area contributed by atoms with E-state index in [9.17, 15) is 0 Å². The molecule has 106 valence electrons. The monoisotopic (exact) mass is 402 g/mol. The molecule has 0 atom stereocenters. The molecule has 0 unspecified atom stereocenters. The number of benzene rings is 1. The lowest BCUT2D eigenvalue weighted by Crippen LogP contribution is -2.01. The molecule has 0 saturated carbocycles. The van der Waals surface area contributed by atoms with Crippen LogP contribution in [0.2, 0.25) is 5.15 Å².